The highest BCUT2D eigenvalue weighted by Gasteiger charge is 2.55. The molecule has 3 amide bonds. The fourth-order valence-corrected chi connectivity index (χ4v) is 5.99. The third-order valence-electron chi connectivity index (χ3n) is 7.06. The van der Waals surface area contributed by atoms with E-state index in [0.29, 0.717) is 24.3 Å². The first-order valence-electron chi connectivity index (χ1n) is 11.1. The van der Waals surface area contributed by atoms with Crippen LogP contribution in [0.5, 0.6) is 0 Å². The van der Waals surface area contributed by atoms with Gasteiger partial charge in [0.05, 0.1) is 0 Å². The molecular weight excluding hydrogens is 354 g/mol. The van der Waals surface area contributed by atoms with Gasteiger partial charge in [0, 0.05) is 12.0 Å². The Kier molecular flexibility index (Phi) is 6.35. The Balaban J connectivity index is 1.62. The molecule has 2 atom stereocenters. The van der Waals surface area contributed by atoms with Gasteiger partial charge < -0.3 is 16.0 Å². The lowest BCUT2D eigenvalue weighted by Gasteiger charge is -2.55. The van der Waals surface area contributed by atoms with Gasteiger partial charge in [-0.25, -0.2) is 0 Å². The molecule has 4 aliphatic carbocycles. The van der Waals surface area contributed by atoms with Gasteiger partial charge in [0.15, 0.2) is 0 Å². The highest BCUT2D eigenvalue weighted by atomic mass is 16.2. The molecule has 4 saturated carbocycles. The molecule has 0 unspecified atom stereocenters. The standard InChI is InChI=1S/C22H37N3O3/c1-5-6-23-19(26)14(4)24-20(27)18(13(2)3)25-21(28)22-10-15-7-16(11-22)9-17(8-15)12-22/h13-18H,5-12H2,1-4H3,(H,23,26)(H,24,27)(H,25,28)/t14-,15?,16?,17?,18-,22?/m1/s1. The predicted molar refractivity (Wildman–Crippen MR) is 108 cm³/mol. The first-order chi connectivity index (χ1) is 13.2. The lowest BCUT2D eigenvalue weighted by atomic mass is 9.49. The Morgan fingerprint density at radius 1 is 0.893 bits per heavy atom. The Labute approximate surface area is 169 Å². The SMILES string of the molecule is CCCNC(=O)[C@@H](C)NC(=O)[C@H](NC(=O)C12CC3CC(CC(C3)C1)C2)C(C)C. The average molecular weight is 392 g/mol. The van der Waals surface area contributed by atoms with Crippen molar-refractivity contribution in [1.29, 1.82) is 0 Å². The molecule has 4 rings (SSSR count). The summed E-state index contributed by atoms with van der Waals surface area (Å²) in [6.07, 6.45) is 7.64. The van der Waals surface area contributed by atoms with Crippen LogP contribution in [0.2, 0.25) is 0 Å². The van der Waals surface area contributed by atoms with E-state index >= 15 is 0 Å². The zero-order valence-electron chi connectivity index (χ0n) is 17.8. The molecule has 28 heavy (non-hydrogen) atoms. The molecule has 0 aromatic heterocycles. The molecule has 0 aliphatic heterocycles. The quantitative estimate of drug-likeness (QED) is 0.594. The van der Waals surface area contributed by atoms with Crippen LogP contribution in [0, 0.1) is 29.1 Å². The Bertz CT molecular complexity index is 581. The highest BCUT2D eigenvalue weighted by molar-refractivity contribution is 5.93. The summed E-state index contributed by atoms with van der Waals surface area (Å²) in [6.45, 7) is 8.13. The van der Waals surface area contributed by atoms with Crippen LogP contribution < -0.4 is 16.0 Å². The summed E-state index contributed by atoms with van der Waals surface area (Å²) in [4.78, 5) is 38.2. The van der Waals surface area contributed by atoms with Crippen molar-refractivity contribution in [3.05, 3.63) is 0 Å². The van der Waals surface area contributed by atoms with Gasteiger partial charge >= 0.3 is 0 Å². The molecule has 4 fully saturated rings. The molecule has 158 valence electrons. The molecular formula is C22H37N3O3. The number of rotatable bonds is 8. The van der Waals surface area contributed by atoms with Crippen LogP contribution in [-0.2, 0) is 14.4 Å². The number of nitrogens with one attached hydrogen (secondary N) is 3. The molecule has 0 saturated heterocycles. The van der Waals surface area contributed by atoms with E-state index in [4.69, 9.17) is 0 Å². The smallest absolute Gasteiger partial charge is 0.243 e. The summed E-state index contributed by atoms with van der Waals surface area (Å²) in [5, 5.41) is 8.66. The number of hydrogen-bond acceptors (Lipinski definition) is 3. The minimum Gasteiger partial charge on any atom is -0.354 e. The van der Waals surface area contributed by atoms with Gasteiger partial charge in [-0.2, -0.15) is 0 Å². The second kappa shape index (κ2) is 8.42. The largest absolute Gasteiger partial charge is 0.354 e. The number of hydrogen-bond donors (Lipinski definition) is 3. The van der Waals surface area contributed by atoms with E-state index in [1.54, 1.807) is 6.92 Å². The van der Waals surface area contributed by atoms with E-state index < -0.39 is 12.1 Å². The molecule has 6 heteroatoms. The fraction of sp³-hybridized carbons (Fsp3) is 0.864. The van der Waals surface area contributed by atoms with Crippen LogP contribution in [0.4, 0.5) is 0 Å². The van der Waals surface area contributed by atoms with Crippen LogP contribution in [0.15, 0.2) is 0 Å². The molecule has 0 aromatic carbocycles. The summed E-state index contributed by atoms with van der Waals surface area (Å²) < 4.78 is 0. The minimum atomic E-state index is -0.614. The predicted octanol–water partition coefficient (Wildman–Crippen LogP) is 2.37. The summed E-state index contributed by atoms with van der Waals surface area (Å²) in [6, 6.07) is -1.22. The molecule has 4 aliphatic rings. The van der Waals surface area contributed by atoms with Gasteiger partial charge in [0.2, 0.25) is 17.7 Å². The second-order valence-electron chi connectivity index (χ2n) is 9.91. The van der Waals surface area contributed by atoms with Crippen molar-refractivity contribution in [3.8, 4) is 0 Å². The monoisotopic (exact) mass is 391 g/mol. The summed E-state index contributed by atoms with van der Waals surface area (Å²) >= 11 is 0. The highest BCUT2D eigenvalue weighted by Crippen LogP contribution is 2.60. The van der Waals surface area contributed by atoms with E-state index in [-0.39, 0.29) is 29.1 Å². The zero-order chi connectivity index (χ0) is 20.5. The lowest BCUT2D eigenvalue weighted by Crippen LogP contribution is -2.59. The second-order valence-corrected chi connectivity index (χ2v) is 9.91. The average Bonchev–Trinajstić information content (AvgIpc) is 2.62. The molecule has 6 nitrogen and oxygen atoms in total. The van der Waals surface area contributed by atoms with Crippen LogP contribution in [0.25, 0.3) is 0 Å². The summed E-state index contributed by atoms with van der Waals surface area (Å²) in [7, 11) is 0. The van der Waals surface area contributed by atoms with Crippen molar-refractivity contribution in [2.24, 2.45) is 29.1 Å². The van der Waals surface area contributed by atoms with Gasteiger partial charge in [-0.05, 0) is 75.5 Å². The Morgan fingerprint density at radius 2 is 1.43 bits per heavy atom. The first-order valence-corrected chi connectivity index (χ1v) is 11.1. The van der Waals surface area contributed by atoms with Crippen molar-refractivity contribution in [2.45, 2.75) is 84.7 Å². The van der Waals surface area contributed by atoms with Gasteiger partial charge in [0.1, 0.15) is 12.1 Å². The van der Waals surface area contributed by atoms with Crippen LogP contribution in [-0.4, -0.2) is 36.3 Å². The van der Waals surface area contributed by atoms with E-state index in [1.165, 1.54) is 19.3 Å². The molecule has 0 aromatic rings. The van der Waals surface area contributed by atoms with Crippen LogP contribution in [0.1, 0.15) is 72.6 Å². The van der Waals surface area contributed by atoms with Gasteiger partial charge in [0.25, 0.3) is 0 Å². The summed E-state index contributed by atoms with van der Waals surface area (Å²) in [5.74, 6) is 1.62. The fourth-order valence-electron chi connectivity index (χ4n) is 5.99. The van der Waals surface area contributed by atoms with Crippen molar-refractivity contribution in [1.82, 2.24) is 16.0 Å². The third kappa shape index (κ3) is 4.36. The lowest BCUT2D eigenvalue weighted by molar-refractivity contribution is -0.149. The van der Waals surface area contributed by atoms with Crippen molar-refractivity contribution >= 4 is 17.7 Å². The minimum absolute atomic E-state index is 0.0382. The maximum Gasteiger partial charge on any atom is 0.243 e. The van der Waals surface area contributed by atoms with E-state index in [0.717, 1.165) is 25.7 Å². The normalized spacial score (nSPS) is 32.7. The van der Waals surface area contributed by atoms with Gasteiger partial charge in [-0.1, -0.05) is 20.8 Å². The number of carbonyl (C=O) groups excluding carboxylic acids is 3. The number of amides is 3. The van der Waals surface area contributed by atoms with Crippen molar-refractivity contribution in [2.75, 3.05) is 6.54 Å². The third-order valence-corrected chi connectivity index (χ3v) is 7.06. The topological polar surface area (TPSA) is 87.3 Å². The first kappa shape index (κ1) is 21.1. The molecule has 0 spiro atoms. The van der Waals surface area contributed by atoms with E-state index in [1.807, 2.05) is 20.8 Å². The van der Waals surface area contributed by atoms with Gasteiger partial charge in [-0.3, -0.25) is 14.4 Å². The zero-order valence-corrected chi connectivity index (χ0v) is 17.8. The van der Waals surface area contributed by atoms with Crippen LogP contribution in [0.3, 0.4) is 0 Å². The van der Waals surface area contributed by atoms with E-state index in [2.05, 4.69) is 16.0 Å². The Hall–Kier alpha value is -1.59. The van der Waals surface area contributed by atoms with Crippen LogP contribution >= 0.6 is 0 Å². The van der Waals surface area contributed by atoms with Gasteiger partial charge in [-0.15, -0.1) is 0 Å². The molecule has 4 bridgehead atoms. The maximum atomic E-state index is 13.3. The van der Waals surface area contributed by atoms with Crippen molar-refractivity contribution in [3.63, 3.8) is 0 Å². The Morgan fingerprint density at radius 3 is 1.89 bits per heavy atom. The maximum absolute atomic E-state index is 13.3. The summed E-state index contributed by atoms with van der Waals surface area (Å²) in [5.41, 5.74) is -0.272. The number of carbonyl (C=O) groups is 3. The molecule has 0 heterocycles. The molecule has 0 radical (unpaired) electrons. The van der Waals surface area contributed by atoms with E-state index in [9.17, 15) is 14.4 Å². The van der Waals surface area contributed by atoms with Crippen molar-refractivity contribution < 1.29 is 14.4 Å². The molecule has 3 N–H and O–H groups in total.